The fourth-order valence-corrected chi connectivity index (χ4v) is 1.85. The van der Waals surface area contributed by atoms with Gasteiger partial charge in [0.15, 0.2) is 17.2 Å². The van der Waals surface area contributed by atoms with Crippen LogP contribution in [0, 0.1) is 11.6 Å². The second-order valence-electron chi connectivity index (χ2n) is 4.24. The second kappa shape index (κ2) is 5.03. The predicted molar refractivity (Wildman–Crippen MR) is 55.6 cm³/mol. The molecule has 1 aromatic carbocycles. The lowest BCUT2D eigenvalue weighted by molar-refractivity contribution is -0.276. The Morgan fingerprint density at radius 3 is 2.09 bits per heavy atom. The van der Waals surface area contributed by atoms with E-state index >= 15 is 0 Å². The molecule has 0 aliphatic rings. The normalized spacial score (nSPS) is 13.1. The summed E-state index contributed by atoms with van der Waals surface area (Å²) in [5, 5.41) is 13.8. The Kier molecular flexibility index (Phi) is 3.69. The van der Waals surface area contributed by atoms with Crippen molar-refractivity contribution >= 4 is 17.0 Å². The van der Waals surface area contributed by atoms with Crippen LogP contribution in [0.25, 0.3) is 11.0 Å². The van der Waals surface area contributed by atoms with E-state index < -0.39 is 57.3 Å². The lowest BCUT2D eigenvalue weighted by Crippen LogP contribution is -2.39. The molecule has 1 heterocycles. The maximum Gasteiger partial charge on any atom is 0.419 e. The molecule has 13 heteroatoms. The Bertz CT molecular complexity index is 765. The highest BCUT2D eigenvalue weighted by atomic mass is 19.4. The molecule has 0 aliphatic heterocycles. The first-order valence-corrected chi connectivity index (χ1v) is 5.45. The van der Waals surface area contributed by atoms with Gasteiger partial charge < -0.3 is 5.11 Å². The van der Waals surface area contributed by atoms with Crippen LogP contribution in [-0.4, -0.2) is 38.4 Å². The highest BCUT2D eigenvalue weighted by Crippen LogP contribution is 2.44. The van der Waals surface area contributed by atoms with Crippen molar-refractivity contribution in [1.29, 1.82) is 0 Å². The van der Waals surface area contributed by atoms with Gasteiger partial charge in [0.25, 0.3) is 0 Å². The van der Waals surface area contributed by atoms with Crippen molar-refractivity contribution in [1.82, 2.24) is 15.0 Å². The van der Waals surface area contributed by atoms with Crippen molar-refractivity contribution in [2.75, 3.05) is 0 Å². The van der Waals surface area contributed by atoms with Crippen LogP contribution in [0.15, 0.2) is 6.07 Å². The zero-order chi connectivity index (χ0) is 17.7. The molecule has 2 rings (SSSR count). The van der Waals surface area contributed by atoms with Gasteiger partial charge >= 0.3 is 18.3 Å². The number of carbonyl (C=O) groups is 1. The summed E-state index contributed by atoms with van der Waals surface area (Å²) in [7, 11) is 0. The Morgan fingerprint density at radius 1 is 1.13 bits per heavy atom. The molecule has 0 amide bonds. The molecular weight excluding hydrogens is 346 g/mol. The summed E-state index contributed by atoms with van der Waals surface area (Å²) in [6, 6.07) is -4.33. The van der Waals surface area contributed by atoms with Gasteiger partial charge in [0.1, 0.15) is 11.1 Å². The lowest BCUT2D eigenvalue weighted by Gasteiger charge is -2.23. The van der Waals surface area contributed by atoms with E-state index in [9.17, 15) is 39.9 Å². The van der Waals surface area contributed by atoms with Gasteiger partial charge in [-0.3, -0.25) is 0 Å². The monoisotopic (exact) mass is 349 g/mol. The third kappa shape index (κ3) is 2.77. The fourth-order valence-electron chi connectivity index (χ4n) is 1.85. The van der Waals surface area contributed by atoms with E-state index in [1.54, 1.807) is 0 Å². The van der Waals surface area contributed by atoms with Crippen molar-refractivity contribution in [2.24, 2.45) is 0 Å². The molecule has 0 fully saturated rings. The van der Waals surface area contributed by atoms with Crippen molar-refractivity contribution in [3.8, 4) is 0 Å². The zero-order valence-electron chi connectivity index (χ0n) is 10.4. The predicted octanol–water partition coefficient (Wildman–Crippen LogP) is 3.07. The van der Waals surface area contributed by atoms with Crippen LogP contribution in [0.2, 0.25) is 0 Å². The lowest BCUT2D eigenvalue weighted by atomic mass is 10.1. The number of carboxylic acids is 1. The molecule has 1 N–H and O–H groups in total. The van der Waals surface area contributed by atoms with E-state index in [-0.39, 0.29) is 6.07 Å². The van der Waals surface area contributed by atoms with E-state index in [1.165, 1.54) is 0 Å². The van der Waals surface area contributed by atoms with Crippen LogP contribution >= 0.6 is 0 Å². The summed E-state index contributed by atoms with van der Waals surface area (Å²) >= 11 is 0. The van der Waals surface area contributed by atoms with Gasteiger partial charge in [0.2, 0.25) is 6.04 Å². The van der Waals surface area contributed by atoms with Crippen LogP contribution in [-0.2, 0) is 0 Å². The van der Waals surface area contributed by atoms with Gasteiger partial charge in [0, 0.05) is 0 Å². The first kappa shape index (κ1) is 16.9. The first-order valence-electron chi connectivity index (χ1n) is 5.45. The third-order valence-electron chi connectivity index (χ3n) is 2.73. The molecule has 0 unspecified atom stereocenters. The molecule has 0 aliphatic carbocycles. The molecule has 0 bridgehead atoms. The van der Waals surface area contributed by atoms with E-state index in [0.717, 1.165) is 0 Å². The topological polar surface area (TPSA) is 68.0 Å². The number of rotatable bonds is 2. The molecular formula is C10H3F8N3O2. The number of fused-ring (bicyclic) bond motifs is 1. The number of carboxylic acid groups (broad SMARTS) is 1. The van der Waals surface area contributed by atoms with E-state index in [0.29, 0.717) is 0 Å². The average molecular weight is 349 g/mol. The second-order valence-corrected chi connectivity index (χ2v) is 4.24. The molecule has 0 atom stereocenters. The van der Waals surface area contributed by atoms with E-state index in [4.69, 9.17) is 5.11 Å². The summed E-state index contributed by atoms with van der Waals surface area (Å²) in [6.45, 7) is 0. The van der Waals surface area contributed by atoms with Gasteiger partial charge in [-0.15, -0.1) is 5.10 Å². The first-order chi connectivity index (χ1) is 10.4. The number of benzene rings is 1. The minimum atomic E-state index is -5.92. The molecule has 23 heavy (non-hydrogen) atoms. The standard InChI is InChI=1S/C10H3F8N3O2/c11-3-1-2(7(22)23)4(12)5-6(3)21(20-19-5)8(9(13,14)15)10(16,17)18/h1,8H,(H,22,23). The van der Waals surface area contributed by atoms with E-state index in [1.807, 2.05) is 0 Å². The average Bonchev–Trinajstić information content (AvgIpc) is 2.74. The van der Waals surface area contributed by atoms with Gasteiger partial charge in [-0.05, 0) is 6.07 Å². The third-order valence-corrected chi connectivity index (χ3v) is 2.73. The number of alkyl halides is 6. The molecule has 126 valence electrons. The van der Waals surface area contributed by atoms with Crippen molar-refractivity contribution in [3.05, 3.63) is 23.3 Å². The molecule has 0 radical (unpaired) electrons. The largest absolute Gasteiger partial charge is 0.478 e. The summed E-state index contributed by atoms with van der Waals surface area (Å²) in [6.07, 6.45) is -11.8. The number of hydrogen-bond acceptors (Lipinski definition) is 3. The Balaban J connectivity index is 2.82. The molecule has 2 aromatic rings. The number of aromatic carboxylic acids is 1. The van der Waals surface area contributed by atoms with Crippen molar-refractivity contribution < 1.29 is 45.0 Å². The van der Waals surface area contributed by atoms with Crippen molar-refractivity contribution in [2.45, 2.75) is 18.4 Å². The molecule has 1 aromatic heterocycles. The van der Waals surface area contributed by atoms with Crippen LogP contribution in [0.5, 0.6) is 0 Å². The van der Waals surface area contributed by atoms with Crippen LogP contribution in [0.4, 0.5) is 35.1 Å². The summed E-state index contributed by atoms with van der Waals surface area (Å²) in [5.74, 6) is -5.63. The number of aromatic nitrogens is 3. The number of nitrogens with zero attached hydrogens (tertiary/aromatic N) is 3. The Morgan fingerprint density at radius 2 is 1.65 bits per heavy atom. The van der Waals surface area contributed by atoms with Gasteiger partial charge in [0.05, 0.1) is 0 Å². The van der Waals surface area contributed by atoms with Gasteiger partial charge in [-0.2, -0.15) is 26.3 Å². The molecule has 0 spiro atoms. The maximum atomic E-state index is 13.8. The summed E-state index contributed by atoms with van der Waals surface area (Å²) in [4.78, 5) is 10.7. The van der Waals surface area contributed by atoms with Crippen molar-refractivity contribution in [3.63, 3.8) is 0 Å². The summed E-state index contributed by atoms with van der Waals surface area (Å²) < 4.78 is 102. The molecule has 0 saturated heterocycles. The maximum absolute atomic E-state index is 13.8. The highest BCUT2D eigenvalue weighted by Gasteiger charge is 2.59. The van der Waals surface area contributed by atoms with Gasteiger partial charge in [-0.25, -0.2) is 18.3 Å². The van der Waals surface area contributed by atoms with Crippen LogP contribution in [0.1, 0.15) is 16.4 Å². The quantitative estimate of drug-likeness (QED) is 0.847. The number of halogens is 8. The van der Waals surface area contributed by atoms with E-state index in [2.05, 4.69) is 10.3 Å². The Labute approximate surface area is 120 Å². The van der Waals surface area contributed by atoms with Gasteiger partial charge in [-0.1, -0.05) is 5.21 Å². The summed E-state index contributed by atoms with van der Waals surface area (Å²) in [5.41, 5.74) is -4.22. The minimum Gasteiger partial charge on any atom is -0.478 e. The SMILES string of the molecule is O=C(O)c1cc(F)c2c(nnn2C(C(F)(F)F)C(F)(F)F)c1F. The van der Waals surface area contributed by atoms with Crippen LogP contribution in [0.3, 0.4) is 0 Å². The van der Waals surface area contributed by atoms with Crippen LogP contribution < -0.4 is 0 Å². The minimum absolute atomic E-state index is 0.0519. The molecule has 5 nitrogen and oxygen atoms in total. The molecule has 0 saturated carbocycles. The fraction of sp³-hybridized carbons (Fsp3) is 0.300. The highest BCUT2D eigenvalue weighted by molar-refractivity contribution is 5.93. The smallest absolute Gasteiger partial charge is 0.419 e. The zero-order valence-corrected chi connectivity index (χ0v) is 10.4. The Hall–Kier alpha value is -2.47. The number of hydrogen-bond donors (Lipinski definition) is 1.